The summed E-state index contributed by atoms with van der Waals surface area (Å²) in [4.78, 5) is 12.2. The number of rotatable bonds is 3. The lowest BCUT2D eigenvalue weighted by molar-refractivity contribution is 0.102. The van der Waals surface area contributed by atoms with Gasteiger partial charge in [-0.3, -0.25) is 4.79 Å². The van der Waals surface area contributed by atoms with E-state index in [4.69, 9.17) is 5.26 Å². The lowest BCUT2D eigenvalue weighted by Gasteiger charge is -2.07. The number of fused-ring (bicyclic) bond motifs is 1. The van der Waals surface area contributed by atoms with Crippen LogP contribution >= 0.6 is 0 Å². The molecular formula is C17H15N3O. The standard InChI is InChI=1S/C17H15N3O/c18-9-7-12-1-5-15(6-2-12)20-17(21)14-4-3-13-8-10-19-16(13)11-14/h1-6,11,19H,7-8,10H2,(H,20,21). The Morgan fingerprint density at radius 2 is 2.05 bits per heavy atom. The molecule has 0 bridgehead atoms. The van der Waals surface area contributed by atoms with Gasteiger partial charge in [-0.15, -0.1) is 0 Å². The molecule has 0 spiro atoms. The number of carbonyl (C=O) groups is 1. The highest BCUT2D eigenvalue weighted by Crippen LogP contribution is 2.23. The van der Waals surface area contributed by atoms with E-state index in [-0.39, 0.29) is 5.91 Å². The van der Waals surface area contributed by atoms with Gasteiger partial charge in [-0.2, -0.15) is 5.26 Å². The van der Waals surface area contributed by atoms with Crippen molar-refractivity contribution in [3.8, 4) is 6.07 Å². The Morgan fingerprint density at radius 1 is 1.24 bits per heavy atom. The lowest BCUT2D eigenvalue weighted by atomic mass is 10.1. The zero-order chi connectivity index (χ0) is 14.7. The lowest BCUT2D eigenvalue weighted by Crippen LogP contribution is -2.12. The second kappa shape index (κ2) is 5.68. The predicted molar refractivity (Wildman–Crippen MR) is 82.3 cm³/mol. The van der Waals surface area contributed by atoms with E-state index in [0.29, 0.717) is 12.0 Å². The van der Waals surface area contributed by atoms with Crippen molar-refractivity contribution in [3.63, 3.8) is 0 Å². The average Bonchev–Trinajstić information content (AvgIpc) is 2.97. The Hall–Kier alpha value is -2.80. The van der Waals surface area contributed by atoms with Gasteiger partial charge in [0, 0.05) is 23.5 Å². The number of benzene rings is 2. The fraction of sp³-hybridized carbons (Fsp3) is 0.176. The maximum atomic E-state index is 12.2. The number of nitrogens with zero attached hydrogens (tertiary/aromatic N) is 1. The fourth-order valence-electron chi connectivity index (χ4n) is 2.43. The monoisotopic (exact) mass is 277 g/mol. The maximum Gasteiger partial charge on any atom is 0.255 e. The van der Waals surface area contributed by atoms with Crippen molar-refractivity contribution in [2.75, 3.05) is 17.2 Å². The Bertz CT molecular complexity index is 714. The van der Waals surface area contributed by atoms with Crippen LogP contribution in [0.25, 0.3) is 0 Å². The molecule has 21 heavy (non-hydrogen) atoms. The molecule has 0 radical (unpaired) electrons. The summed E-state index contributed by atoms with van der Waals surface area (Å²) in [5, 5.41) is 14.8. The molecule has 1 heterocycles. The molecule has 0 aromatic heterocycles. The molecule has 4 nitrogen and oxygen atoms in total. The number of hydrogen-bond acceptors (Lipinski definition) is 3. The number of amides is 1. The molecule has 2 aromatic carbocycles. The largest absolute Gasteiger partial charge is 0.384 e. The van der Waals surface area contributed by atoms with E-state index in [1.54, 1.807) is 0 Å². The molecule has 4 heteroatoms. The summed E-state index contributed by atoms with van der Waals surface area (Å²) in [6.07, 6.45) is 1.39. The summed E-state index contributed by atoms with van der Waals surface area (Å²) in [6, 6.07) is 15.2. The first-order chi connectivity index (χ1) is 10.3. The quantitative estimate of drug-likeness (QED) is 0.906. The second-order valence-corrected chi connectivity index (χ2v) is 5.03. The number of anilines is 2. The highest BCUT2D eigenvalue weighted by molar-refractivity contribution is 6.05. The van der Waals surface area contributed by atoms with Crippen LogP contribution < -0.4 is 10.6 Å². The first kappa shape index (κ1) is 13.2. The summed E-state index contributed by atoms with van der Waals surface area (Å²) >= 11 is 0. The molecule has 2 N–H and O–H groups in total. The normalized spacial score (nSPS) is 12.1. The minimum atomic E-state index is -0.125. The van der Waals surface area contributed by atoms with Gasteiger partial charge in [0.1, 0.15) is 0 Å². The SMILES string of the molecule is N#CCc1ccc(NC(=O)c2ccc3c(c2)NCC3)cc1. The molecular weight excluding hydrogens is 262 g/mol. The summed E-state index contributed by atoms with van der Waals surface area (Å²) in [5.74, 6) is -0.125. The summed E-state index contributed by atoms with van der Waals surface area (Å²) in [5.41, 5.74) is 4.62. The topological polar surface area (TPSA) is 64.9 Å². The molecule has 0 saturated carbocycles. The molecule has 1 aliphatic rings. The predicted octanol–water partition coefficient (Wildman–Crippen LogP) is 2.97. The molecule has 1 aliphatic heterocycles. The van der Waals surface area contributed by atoms with Gasteiger partial charge in [0.25, 0.3) is 5.91 Å². The van der Waals surface area contributed by atoms with Crippen molar-refractivity contribution in [2.24, 2.45) is 0 Å². The van der Waals surface area contributed by atoms with Gasteiger partial charge >= 0.3 is 0 Å². The van der Waals surface area contributed by atoms with Crippen LogP contribution in [0.15, 0.2) is 42.5 Å². The van der Waals surface area contributed by atoms with Crippen LogP contribution in [0.2, 0.25) is 0 Å². The van der Waals surface area contributed by atoms with Gasteiger partial charge in [-0.25, -0.2) is 0 Å². The van der Waals surface area contributed by atoms with E-state index in [1.807, 2.05) is 42.5 Å². The van der Waals surface area contributed by atoms with Crippen molar-refractivity contribution in [1.82, 2.24) is 0 Å². The first-order valence-electron chi connectivity index (χ1n) is 6.90. The van der Waals surface area contributed by atoms with Crippen LogP contribution in [0.5, 0.6) is 0 Å². The van der Waals surface area contributed by atoms with E-state index < -0.39 is 0 Å². The van der Waals surface area contributed by atoms with Crippen molar-refractivity contribution >= 4 is 17.3 Å². The Balaban J connectivity index is 1.72. The van der Waals surface area contributed by atoms with Crippen LogP contribution in [0.4, 0.5) is 11.4 Å². The van der Waals surface area contributed by atoms with Crippen LogP contribution in [0.1, 0.15) is 21.5 Å². The third-order valence-corrected chi connectivity index (χ3v) is 3.58. The van der Waals surface area contributed by atoms with E-state index in [0.717, 1.165) is 29.9 Å². The van der Waals surface area contributed by atoms with Crippen LogP contribution in [0.3, 0.4) is 0 Å². The van der Waals surface area contributed by atoms with E-state index >= 15 is 0 Å². The second-order valence-electron chi connectivity index (χ2n) is 5.03. The zero-order valence-corrected chi connectivity index (χ0v) is 11.5. The molecule has 0 saturated heterocycles. The van der Waals surface area contributed by atoms with Gasteiger partial charge in [-0.05, 0) is 41.8 Å². The van der Waals surface area contributed by atoms with Gasteiger partial charge < -0.3 is 10.6 Å². The van der Waals surface area contributed by atoms with E-state index in [9.17, 15) is 4.79 Å². The van der Waals surface area contributed by atoms with Crippen LogP contribution in [0, 0.1) is 11.3 Å². The minimum Gasteiger partial charge on any atom is -0.384 e. The smallest absolute Gasteiger partial charge is 0.255 e. The number of hydrogen-bond donors (Lipinski definition) is 2. The minimum absolute atomic E-state index is 0.125. The Morgan fingerprint density at radius 3 is 2.81 bits per heavy atom. The van der Waals surface area contributed by atoms with Crippen molar-refractivity contribution in [1.29, 1.82) is 5.26 Å². The Labute approximate surface area is 123 Å². The highest BCUT2D eigenvalue weighted by Gasteiger charge is 2.13. The molecule has 2 aromatic rings. The van der Waals surface area contributed by atoms with Crippen molar-refractivity contribution in [2.45, 2.75) is 12.8 Å². The summed E-state index contributed by atoms with van der Waals surface area (Å²) < 4.78 is 0. The zero-order valence-electron chi connectivity index (χ0n) is 11.5. The van der Waals surface area contributed by atoms with Gasteiger partial charge in [-0.1, -0.05) is 18.2 Å². The molecule has 0 fully saturated rings. The van der Waals surface area contributed by atoms with Crippen LogP contribution in [-0.4, -0.2) is 12.5 Å². The molecule has 0 unspecified atom stereocenters. The highest BCUT2D eigenvalue weighted by atomic mass is 16.1. The maximum absolute atomic E-state index is 12.2. The number of nitrogens with one attached hydrogen (secondary N) is 2. The molecule has 104 valence electrons. The number of carbonyl (C=O) groups excluding carboxylic acids is 1. The Kier molecular flexibility index (Phi) is 3.57. The van der Waals surface area contributed by atoms with Crippen molar-refractivity contribution in [3.05, 3.63) is 59.2 Å². The van der Waals surface area contributed by atoms with E-state index in [1.165, 1.54) is 5.56 Å². The molecule has 1 amide bonds. The fourth-order valence-corrected chi connectivity index (χ4v) is 2.43. The first-order valence-corrected chi connectivity index (χ1v) is 6.90. The third-order valence-electron chi connectivity index (χ3n) is 3.58. The van der Waals surface area contributed by atoms with Crippen LogP contribution in [-0.2, 0) is 12.8 Å². The summed E-state index contributed by atoms with van der Waals surface area (Å²) in [7, 11) is 0. The molecule has 3 rings (SSSR count). The summed E-state index contributed by atoms with van der Waals surface area (Å²) in [6.45, 7) is 0.931. The molecule has 0 atom stereocenters. The van der Waals surface area contributed by atoms with Crippen molar-refractivity contribution < 1.29 is 4.79 Å². The van der Waals surface area contributed by atoms with Gasteiger partial charge in [0.05, 0.1) is 12.5 Å². The van der Waals surface area contributed by atoms with Gasteiger partial charge in [0.15, 0.2) is 0 Å². The molecule has 0 aliphatic carbocycles. The van der Waals surface area contributed by atoms with Gasteiger partial charge in [0.2, 0.25) is 0 Å². The third kappa shape index (κ3) is 2.87. The number of nitriles is 1. The average molecular weight is 277 g/mol. The van der Waals surface area contributed by atoms with E-state index in [2.05, 4.69) is 16.7 Å².